The van der Waals surface area contributed by atoms with Gasteiger partial charge in [0.25, 0.3) is 0 Å². The molecular weight excluding hydrogens is 348 g/mol. The van der Waals surface area contributed by atoms with E-state index in [-0.39, 0.29) is 5.41 Å². The molecule has 0 fully saturated rings. The van der Waals surface area contributed by atoms with Crippen LogP contribution in [-0.2, 0) is 11.8 Å². The normalized spacial score (nSPS) is 11.7. The molecule has 0 heteroatoms. The van der Waals surface area contributed by atoms with Crippen molar-refractivity contribution in [2.45, 2.75) is 46.0 Å². The van der Waals surface area contributed by atoms with Gasteiger partial charge in [0, 0.05) is 0 Å². The number of hydrogen-bond acceptors (Lipinski definition) is 0. The van der Waals surface area contributed by atoms with E-state index in [0.717, 1.165) is 6.42 Å². The first kappa shape index (κ1) is 19.5. The number of aryl methyl sites for hydroxylation is 1. The fourth-order valence-corrected chi connectivity index (χ4v) is 4.06. The number of fused-ring (bicyclic) bond motifs is 1. The van der Waals surface area contributed by atoms with Crippen LogP contribution in [-0.4, -0.2) is 0 Å². The molecule has 29 heavy (non-hydrogen) atoms. The summed E-state index contributed by atoms with van der Waals surface area (Å²) in [7, 11) is 0. The Hall–Kier alpha value is -2.86. The second-order valence-electron chi connectivity index (χ2n) is 9.02. The Bertz CT molecular complexity index is 1120. The molecule has 0 radical (unpaired) electrons. The fourth-order valence-electron chi connectivity index (χ4n) is 4.06. The van der Waals surface area contributed by atoms with Crippen molar-refractivity contribution < 1.29 is 0 Å². The highest BCUT2D eigenvalue weighted by molar-refractivity contribution is 5.98. The van der Waals surface area contributed by atoms with Crippen LogP contribution in [0.1, 0.15) is 45.2 Å². The lowest BCUT2D eigenvalue weighted by Crippen LogP contribution is -2.10. The van der Waals surface area contributed by atoms with Gasteiger partial charge in [0.05, 0.1) is 0 Å². The van der Waals surface area contributed by atoms with E-state index >= 15 is 0 Å². The Morgan fingerprint density at radius 3 is 2.07 bits per heavy atom. The van der Waals surface area contributed by atoms with Gasteiger partial charge in [0.2, 0.25) is 0 Å². The zero-order valence-corrected chi connectivity index (χ0v) is 18.0. The highest BCUT2D eigenvalue weighted by Gasteiger charge is 2.13. The standard InChI is InChI=1S/C29H30/c1-5-8-21-9-6-10-23(19-21)24-15-18-28-25(20-24)11-7-12-27(28)22-13-16-26(17-14-22)29(2,3)4/h6-7,9-20H,5,8H2,1-4H3. The first-order chi connectivity index (χ1) is 14.0. The first-order valence-corrected chi connectivity index (χ1v) is 10.7. The van der Waals surface area contributed by atoms with Gasteiger partial charge >= 0.3 is 0 Å². The summed E-state index contributed by atoms with van der Waals surface area (Å²) in [4.78, 5) is 0. The minimum absolute atomic E-state index is 0.179. The molecule has 0 spiro atoms. The Balaban J connectivity index is 1.74. The minimum atomic E-state index is 0.179. The molecule has 0 atom stereocenters. The summed E-state index contributed by atoms with van der Waals surface area (Å²) in [6.07, 6.45) is 2.31. The summed E-state index contributed by atoms with van der Waals surface area (Å²) in [5, 5.41) is 2.60. The van der Waals surface area contributed by atoms with Gasteiger partial charge < -0.3 is 0 Å². The van der Waals surface area contributed by atoms with Crippen molar-refractivity contribution in [2.24, 2.45) is 0 Å². The second kappa shape index (κ2) is 7.87. The fraction of sp³-hybridized carbons (Fsp3) is 0.241. The lowest BCUT2D eigenvalue weighted by Gasteiger charge is -2.19. The van der Waals surface area contributed by atoms with E-state index in [9.17, 15) is 0 Å². The highest BCUT2D eigenvalue weighted by atomic mass is 14.2. The average molecular weight is 379 g/mol. The number of benzene rings is 4. The zero-order chi connectivity index (χ0) is 20.4. The van der Waals surface area contributed by atoms with Gasteiger partial charge in [-0.25, -0.2) is 0 Å². The van der Waals surface area contributed by atoms with Crippen LogP contribution in [0.15, 0.2) is 84.9 Å². The van der Waals surface area contributed by atoms with Gasteiger partial charge in [0.15, 0.2) is 0 Å². The van der Waals surface area contributed by atoms with Crippen LogP contribution in [0.4, 0.5) is 0 Å². The Morgan fingerprint density at radius 2 is 1.34 bits per heavy atom. The highest BCUT2D eigenvalue weighted by Crippen LogP contribution is 2.33. The van der Waals surface area contributed by atoms with Gasteiger partial charge in [0.1, 0.15) is 0 Å². The summed E-state index contributed by atoms with van der Waals surface area (Å²) >= 11 is 0. The maximum atomic E-state index is 2.33. The van der Waals surface area contributed by atoms with Crippen molar-refractivity contribution in [1.29, 1.82) is 0 Å². The molecule has 0 amide bonds. The third-order valence-corrected chi connectivity index (χ3v) is 5.74. The van der Waals surface area contributed by atoms with Crippen LogP contribution < -0.4 is 0 Å². The number of rotatable bonds is 4. The summed E-state index contributed by atoms with van der Waals surface area (Å²) in [5.74, 6) is 0. The van der Waals surface area contributed by atoms with Crippen LogP contribution in [0.2, 0.25) is 0 Å². The molecule has 4 aromatic rings. The lowest BCUT2D eigenvalue weighted by atomic mass is 9.86. The van der Waals surface area contributed by atoms with E-state index in [1.165, 1.54) is 50.6 Å². The molecule has 4 rings (SSSR count). The molecule has 0 unspecified atom stereocenters. The Kier molecular flexibility index (Phi) is 5.28. The molecule has 0 N–H and O–H groups in total. The molecule has 0 aromatic heterocycles. The van der Waals surface area contributed by atoms with Crippen LogP contribution in [0.3, 0.4) is 0 Å². The van der Waals surface area contributed by atoms with E-state index in [2.05, 4.69) is 113 Å². The molecule has 0 bridgehead atoms. The number of hydrogen-bond donors (Lipinski definition) is 0. The van der Waals surface area contributed by atoms with Crippen molar-refractivity contribution in [3.8, 4) is 22.3 Å². The monoisotopic (exact) mass is 378 g/mol. The van der Waals surface area contributed by atoms with Gasteiger partial charge in [-0.3, -0.25) is 0 Å². The van der Waals surface area contributed by atoms with Crippen LogP contribution >= 0.6 is 0 Å². The van der Waals surface area contributed by atoms with Crippen molar-refractivity contribution in [2.75, 3.05) is 0 Å². The summed E-state index contributed by atoms with van der Waals surface area (Å²) in [6, 6.07) is 31.5. The second-order valence-corrected chi connectivity index (χ2v) is 9.02. The minimum Gasteiger partial charge on any atom is -0.0651 e. The molecular formula is C29H30. The molecule has 0 saturated carbocycles. The maximum Gasteiger partial charge on any atom is -0.0105 e. The van der Waals surface area contributed by atoms with E-state index in [0.29, 0.717) is 0 Å². The third-order valence-electron chi connectivity index (χ3n) is 5.74. The van der Waals surface area contributed by atoms with Crippen LogP contribution in [0.5, 0.6) is 0 Å². The first-order valence-electron chi connectivity index (χ1n) is 10.7. The van der Waals surface area contributed by atoms with E-state index in [1.807, 2.05) is 0 Å². The topological polar surface area (TPSA) is 0 Å². The van der Waals surface area contributed by atoms with Crippen LogP contribution in [0, 0.1) is 0 Å². The summed E-state index contributed by atoms with van der Waals surface area (Å²) in [5.41, 5.74) is 8.14. The van der Waals surface area contributed by atoms with E-state index in [1.54, 1.807) is 0 Å². The summed E-state index contributed by atoms with van der Waals surface area (Å²) < 4.78 is 0. The Labute approximate surface area is 175 Å². The third kappa shape index (κ3) is 4.12. The van der Waals surface area contributed by atoms with Gasteiger partial charge in [-0.05, 0) is 62.1 Å². The molecule has 0 saturated heterocycles. The maximum absolute atomic E-state index is 2.33. The van der Waals surface area contributed by atoms with Crippen molar-refractivity contribution in [1.82, 2.24) is 0 Å². The average Bonchev–Trinajstić information content (AvgIpc) is 2.73. The van der Waals surface area contributed by atoms with E-state index < -0.39 is 0 Å². The summed E-state index contributed by atoms with van der Waals surface area (Å²) in [6.45, 7) is 9.02. The molecule has 0 aliphatic carbocycles. The molecule has 0 nitrogen and oxygen atoms in total. The quantitative estimate of drug-likeness (QED) is 0.334. The molecule has 0 aliphatic rings. The molecule has 0 heterocycles. The van der Waals surface area contributed by atoms with E-state index in [4.69, 9.17) is 0 Å². The molecule has 0 aliphatic heterocycles. The van der Waals surface area contributed by atoms with Gasteiger partial charge in [-0.2, -0.15) is 0 Å². The van der Waals surface area contributed by atoms with Crippen molar-refractivity contribution in [3.05, 3.63) is 96.1 Å². The molecule has 4 aromatic carbocycles. The lowest BCUT2D eigenvalue weighted by molar-refractivity contribution is 0.590. The zero-order valence-electron chi connectivity index (χ0n) is 18.0. The Morgan fingerprint density at radius 1 is 0.655 bits per heavy atom. The SMILES string of the molecule is CCCc1cccc(-c2ccc3c(-c4ccc(C(C)(C)C)cc4)cccc3c2)c1. The smallest absolute Gasteiger partial charge is 0.0105 e. The van der Waals surface area contributed by atoms with Crippen molar-refractivity contribution in [3.63, 3.8) is 0 Å². The van der Waals surface area contributed by atoms with Crippen LogP contribution in [0.25, 0.3) is 33.0 Å². The predicted octanol–water partition coefficient (Wildman–Crippen LogP) is 8.42. The largest absolute Gasteiger partial charge is 0.0651 e. The molecule has 146 valence electrons. The van der Waals surface area contributed by atoms with Crippen molar-refractivity contribution >= 4 is 10.8 Å². The van der Waals surface area contributed by atoms with Gasteiger partial charge in [-0.1, -0.05) is 113 Å². The van der Waals surface area contributed by atoms with Gasteiger partial charge in [-0.15, -0.1) is 0 Å². The predicted molar refractivity (Wildman–Crippen MR) is 128 cm³/mol.